The fraction of sp³-hybridized carbons (Fsp3) is 0.600. The molecule has 5 nitrogen and oxygen atoms in total. The Labute approximate surface area is 90.7 Å². The van der Waals surface area contributed by atoms with Crippen LogP contribution in [0.1, 0.15) is 12.7 Å². The minimum Gasteiger partial charge on any atom is -0.366 e. The molecular formula is C10H19N5. The highest BCUT2D eigenvalue weighted by atomic mass is 15.2. The highest BCUT2D eigenvalue weighted by Crippen LogP contribution is 2.13. The first kappa shape index (κ1) is 11.7. The Morgan fingerprint density at radius 2 is 2.13 bits per heavy atom. The van der Waals surface area contributed by atoms with Gasteiger partial charge in [-0.15, -0.1) is 0 Å². The van der Waals surface area contributed by atoms with Gasteiger partial charge < -0.3 is 16.0 Å². The maximum Gasteiger partial charge on any atom is 0.133 e. The molecule has 0 aromatic carbocycles. The van der Waals surface area contributed by atoms with Crippen LogP contribution >= 0.6 is 0 Å². The van der Waals surface area contributed by atoms with Crippen LogP contribution < -0.4 is 16.0 Å². The van der Waals surface area contributed by atoms with Crippen molar-refractivity contribution in [3.63, 3.8) is 0 Å². The molecule has 0 aliphatic rings. The molecule has 0 fully saturated rings. The summed E-state index contributed by atoms with van der Waals surface area (Å²) in [5.74, 6) is 2.48. The van der Waals surface area contributed by atoms with Crippen molar-refractivity contribution in [2.24, 2.45) is 5.73 Å². The average Bonchev–Trinajstić information content (AvgIpc) is 2.16. The molecule has 5 heteroatoms. The van der Waals surface area contributed by atoms with Gasteiger partial charge >= 0.3 is 0 Å². The summed E-state index contributed by atoms with van der Waals surface area (Å²) in [6.07, 6.45) is 0. The molecule has 0 saturated carbocycles. The second-order valence-electron chi connectivity index (χ2n) is 3.83. The molecule has 0 saturated heterocycles. The van der Waals surface area contributed by atoms with Crippen LogP contribution in [0.3, 0.4) is 0 Å². The third kappa shape index (κ3) is 3.36. The molecule has 0 spiro atoms. The third-order valence-electron chi connectivity index (χ3n) is 2.03. The van der Waals surface area contributed by atoms with E-state index in [1.807, 2.05) is 38.9 Å². The van der Waals surface area contributed by atoms with E-state index < -0.39 is 0 Å². The van der Waals surface area contributed by atoms with Gasteiger partial charge in [0.15, 0.2) is 0 Å². The number of hydrogen-bond acceptors (Lipinski definition) is 5. The summed E-state index contributed by atoms with van der Waals surface area (Å²) < 4.78 is 0. The monoisotopic (exact) mass is 209 g/mol. The Morgan fingerprint density at radius 3 is 2.67 bits per heavy atom. The van der Waals surface area contributed by atoms with E-state index in [1.165, 1.54) is 0 Å². The minimum atomic E-state index is 0.217. The predicted octanol–water partition coefficient (Wildman–Crippen LogP) is 0.610. The van der Waals surface area contributed by atoms with Crippen LogP contribution in [0.15, 0.2) is 6.07 Å². The predicted molar refractivity (Wildman–Crippen MR) is 63.2 cm³/mol. The average molecular weight is 209 g/mol. The number of aromatic nitrogens is 2. The van der Waals surface area contributed by atoms with Gasteiger partial charge in [0.25, 0.3) is 0 Å². The van der Waals surface area contributed by atoms with Gasteiger partial charge in [-0.3, -0.25) is 0 Å². The summed E-state index contributed by atoms with van der Waals surface area (Å²) in [5.41, 5.74) is 5.54. The molecule has 15 heavy (non-hydrogen) atoms. The van der Waals surface area contributed by atoms with Crippen molar-refractivity contribution in [1.82, 2.24) is 9.97 Å². The van der Waals surface area contributed by atoms with Crippen LogP contribution in [-0.2, 0) is 0 Å². The van der Waals surface area contributed by atoms with Crippen LogP contribution in [0.2, 0.25) is 0 Å². The summed E-state index contributed by atoms with van der Waals surface area (Å²) in [6.45, 7) is 4.48. The first-order valence-electron chi connectivity index (χ1n) is 5.02. The zero-order valence-corrected chi connectivity index (χ0v) is 9.78. The fourth-order valence-corrected chi connectivity index (χ4v) is 1.17. The van der Waals surface area contributed by atoms with Crippen molar-refractivity contribution in [2.45, 2.75) is 19.9 Å². The van der Waals surface area contributed by atoms with E-state index in [4.69, 9.17) is 5.73 Å². The van der Waals surface area contributed by atoms with Crippen molar-refractivity contribution in [3.8, 4) is 0 Å². The lowest BCUT2D eigenvalue weighted by Gasteiger charge is -2.16. The van der Waals surface area contributed by atoms with Crippen molar-refractivity contribution in [3.05, 3.63) is 11.9 Å². The normalized spacial score (nSPS) is 12.3. The fourth-order valence-electron chi connectivity index (χ4n) is 1.17. The van der Waals surface area contributed by atoms with Crippen LogP contribution in [0, 0.1) is 6.92 Å². The summed E-state index contributed by atoms with van der Waals surface area (Å²) in [6, 6.07) is 2.13. The zero-order valence-electron chi connectivity index (χ0n) is 9.78. The molecule has 1 aromatic rings. The van der Waals surface area contributed by atoms with Gasteiger partial charge in [0.1, 0.15) is 17.5 Å². The van der Waals surface area contributed by atoms with E-state index in [2.05, 4.69) is 15.3 Å². The maximum atomic E-state index is 5.54. The molecule has 0 aliphatic carbocycles. The van der Waals surface area contributed by atoms with Gasteiger partial charge in [-0.05, 0) is 13.8 Å². The van der Waals surface area contributed by atoms with E-state index >= 15 is 0 Å². The van der Waals surface area contributed by atoms with Crippen LogP contribution in [0.5, 0.6) is 0 Å². The lowest BCUT2D eigenvalue weighted by Crippen LogP contribution is -2.26. The molecule has 1 atom stereocenters. The second kappa shape index (κ2) is 4.93. The van der Waals surface area contributed by atoms with E-state index in [-0.39, 0.29) is 6.04 Å². The molecule has 1 rings (SSSR count). The highest BCUT2D eigenvalue weighted by molar-refractivity contribution is 5.48. The Morgan fingerprint density at radius 1 is 1.47 bits per heavy atom. The molecule has 0 bridgehead atoms. The lowest BCUT2D eigenvalue weighted by molar-refractivity contribution is 0.794. The first-order valence-corrected chi connectivity index (χ1v) is 5.02. The highest BCUT2D eigenvalue weighted by Gasteiger charge is 2.05. The van der Waals surface area contributed by atoms with Gasteiger partial charge in [0.2, 0.25) is 0 Å². The van der Waals surface area contributed by atoms with Crippen molar-refractivity contribution in [2.75, 3.05) is 30.9 Å². The molecule has 84 valence electrons. The quantitative estimate of drug-likeness (QED) is 0.760. The topological polar surface area (TPSA) is 67.1 Å². The standard InChI is InChI=1S/C10H19N5/c1-7(6-11)12-9-5-10(15(3)4)14-8(2)13-9/h5,7H,6,11H2,1-4H3,(H,12,13,14). The number of hydrogen-bond donors (Lipinski definition) is 2. The van der Waals surface area contributed by atoms with Crippen LogP contribution in [-0.4, -0.2) is 36.6 Å². The summed E-state index contributed by atoms with van der Waals surface area (Å²) in [7, 11) is 3.91. The number of anilines is 2. The van der Waals surface area contributed by atoms with Gasteiger partial charge in [0, 0.05) is 32.7 Å². The lowest BCUT2D eigenvalue weighted by atomic mass is 10.3. The van der Waals surface area contributed by atoms with Crippen molar-refractivity contribution >= 4 is 11.6 Å². The molecule has 1 heterocycles. The molecular weight excluding hydrogens is 190 g/mol. The SMILES string of the molecule is Cc1nc(NC(C)CN)cc(N(C)C)n1. The number of aryl methyl sites for hydroxylation is 1. The minimum absolute atomic E-state index is 0.217. The summed E-state index contributed by atoms with van der Waals surface area (Å²) in [5, 5.41) is 3.22. The molecule has 0 aliphatic heterocycles. The summed E-state index contributed by atoms with van der Waals surface area (Å²) >= 11 is 0. The Balaban J connectivity index is 2.88. The van der Waals surface area contributed by atoms with E-state index in [1.54, 1.807) is 0 Å². The molecule has 3 N–H and O–H groups in total. The Hall–Kier alpha value is -1.36. The molecule has 0 amide bonds. The van der Waals surface area contributed by atoms with Gasteiger partial charge in [0.05, 0.1) is 0 Å². The smallest absolute Gasteiger partial charge is 0.133 e. The largest absolute Gasteiger partial charge is 0.366 e. The third-order valence-corrected chi connectivity index (χ3v) is 2.03. The second-order valence-corrected chi connectivity index (χ2v) is 3.83. The number of rotatable bonds is 4. The Kier molecular flexibility index (Phi) is 3.85. The Bertz CT molecular complexity index is 324. The van der Waals surface area contributed by atoms with Crippen molar-refractivity contribution in [1.29, 1.82) is 0 Å². The van der Waals surface area contributed by atoms with E-state index in [0.717, 1.165) is 17.5 Å². The van der Waals surface area contributed by atoms with E-state index in [9.17, 15) is 0 Å². The van der Waals surface area contributed by atoms with Gasteiger partial charge in [-0.2, -0.15) is 0 Å². The van der Waals surface area contributed by atoms with Crippen molar-refractivity contribution < 1.29 is 0 Å². The maximum absolute atomic E-state index is 5.54. The summed E-state index contributed by atoms with van der Waals surface area (Å²) in [4.78, 5) is 10.6. The molecule has 0 radical (unpaired) electrons. The van der Waals surface area contributed by atoms with Crippen LogP contribution in [0.25, 0.3) is 0 Å². The van der Waals surface area contributed by atoms with E-state index in [0.29, 0.717) is 6.54 Å². The van der Waals surface area contributed by atoms with Gasteiger partial charge in [-0.1, -0.05) is 0 Å². The van der Waals surface area contributed by atoms with Gasteiger partial charge in [-0.25, -0.2) is 9.97 Å². The zero-order chi connectivity index (χ0) is 11.4. The number of nitrogens with one attached hydrogen (secondary N) is 1. The first-order chi connectivity index (χ1) is 7.02. The van der Waals surface area contributed by atoms with Crippen LogP contribution in [0.4, 0.5) is 11.6 Å². The number of nitrogens with two attached hydrogens (primary N) is 1. The molecule has 1 aromatic heterocycles. The number of nitrogens with zero attached hydrogens (tertiary/aromatic N) is 3. The molecule has 1 unspecified atom stereocenters.